The summed E-state index contributed by atoms with van der Waals surface area (Å²) in [7, 11) is 0. The number of amides is 2. The number of benzene rings is 1. The molecule has 3 fully saturated rings. The van der Waals surface area contributed by atoms with Gasteiger partial charge in [0.15, 0.2) is 0 Å². The molecule has 0 saturated carbocycles. The SMILES string of the molecule is O=C(C=Cc1ccccc1)NC[C@H]1[C@H]2CN(C(=O)c3ccn[nH]3)C[C@]23CC[C@H]1O3. The lowest BCUT2D eigenvalue weighted by Crippen LogP contribution is -2.41. The van der Waals surface area contributed by atoms with Crippen LogP contribution in [0, 0.1) is 11.8 Å². The molecule has 3 saturated heterocycles. The van der Waals surface area contributed by atoms with Crippen LogP contribution in [0.2, 0.25) is 0 Å². The molecule has 0 aliphatic carbocycles. The third kappa shape index (κ3) is 3.25. The van der Waals surface area contributed by atoms with E-state index in [0.29, 0.717) is 25.3 Å². The van der Waals surface area contributed by atoms with Crippen LogP contribution in [0.15, 0.2) is 48.7 Å². The van der Waals surface area contributed by atoms with Crippen LogP contribution < -0.4 is 5.32 Å². The Morgan fingerprint density at radius 2 is 2.17 bits per heavy atom. The number of likely N-dealkylation sites (tertiary alicyclic amines) is 1. The van der Waals surface area contributed by atoms with Gasteiger partial charge in [-0.3, -0.25) is 14.7 Å². The number of nitrogens with one attached hydrogen (secondary N) is 2. The van der Waals surface area contributed by atoms with Crippen LogP contribution in [0.25, 0.3) is 6.08 Å². The Bertz CT molecular complexity index is 927. The van der Waals surface area contributed by atoms with Gasteiger partial charge in [0.1, 0.15) is 5.69 Å². The minimum absolute atomic E-state index is 0.0353. The van der Waals surface area contributed by atoms with Crippen molar-refractivity contribution in [3.63, 3.8) is 0 Å². The van der Waals surface area contributed by atoms with Crippen LogP contribution in [-0.4, -0.2) is 58.3 Å². The highest BCUT2D eigenvalue weighted by Gasteiger charge is 2.63. The molecule has 2 amide bonds. The van der Waals surface area contributed by atoms with E-state index in [1.165, 1.54) is 0 Å². The average Bonchev–Trinajstić information content (AvgIpc) is 3.52. The molecule has 2 bridgehead atoms. The quantitative estimate of drug-likeness (QED) is 0.761. The molecule has 29 heavy (non-hydrogen) atoms. The summed E-state index contributed by atoms with van der Waals surface area (Å²) in [6, 6.07) is 11.5. The summed E-state index contributed by atoms with van der Waals surface area (Å²) in [6.07, 6.45) is 7.11. The number of fused-ring (bicyclic) bond motifs is 1. The van der Waals surface area contributed by atoms with Gasteiger partial charge in [-0.1, -0.05) is 30.3 Å². The van der Waals surface area contributed by atoms with E-state index in [-0.39, 0.29) is 35.4 Å². The van der Waals surface area contributed by atoms with E-state index in [9.17, 15) is 9.59 Å². The molecule has 2 N–H and O–H groups in total. The van der Waals surface area contributed by atoms with Crippen molar-refractivity contribution in [3.05, 3.63) is 59.9 Å². The van der Waals surface area contributed by atoms with Gasteiger partial charge < -0.3 is 15.0 Å². The Morgan fingerprint density at radius 1 is 1.31 bits per heavy atom. The molecule has 5 rings (SSSR count). The standard InChI is InChI=1S/C22H24N4O3/c27-20(7-6-15-4-2-1-3-5-15)23-12-16-17-13-26(21(28)18-9-11-24-25-18)14-22(17)10-8-19(16)29-22/h1-7,9,11,16-17,19H,8,10,12-14H2,(H,23,27)(H,24,25)/t16-,17+,19+,22+/m0/s1. The molecule has 0 unspecified atom stereocenters. The van der Waals surface area contributed by atoms with Gasteiger partial charge in [0.2, 0.25) is 5.91 Å². The number of ether oxygens (including phenoxy) is 1. The second-order valence-corrected chi connectivity index (χ2v) is 8.18. The second-order valence-electron chi connectivity index (χ2n) is 8.18. The van der Waals surface area contributed by atoms with Crippen LogP contribution in [0.1, 0.15) is 28.9 Å². The number of hydrogen-bond acceptors (Lipinski definition) is 4. The van der Waals surface area contributed by atoms with Gasteiger partial charge >= 0.3 is 0 Å². The Morgan fingerprint density at radius 3 is 2.97 bits per heavy atom. The van der Waals surface area contributed by atoms with Gasteiger partial charge in [-0.25, -0.2) is 0 Å². The van der Waals surface area contributed by atoms with Gasteiger partial charge in [0.05, 0.1) is 18.2 Å². The fourth-order valence-corrected chi connectivity index (χ4v) is 5.18. The maximum absolute atomic E-state index is 12.7. The topological polar surface area (TPSA) is 87.3 Å². The van der Waals surface area contributed by atoms with Crippen molar-refractivity contribution in [1.29, 1.82) is 0 Å². The first-order valence-electron chi connectivity index (χ1n) is 10.1. The molecule has 2 aromatic rings. The first-order chi connectivity index (χ1) is 14.1. The average molecular weight is 392 g/mol. The van der Waals surface area contributed by atoms with Crippen molar-refractivity contribution in [2.24, 2.45) is 11.8 Å². The molecule has 1 aromatic carbocycles. The summed E-state index contributed by atoms with van der Waals surface area (Å²) in [5.74, 6) is 0.352. The van der Waals surface area contributed by atoms with E-state index < -0.39 is 0 Å². The third-order valence-corrected chi connectivity index (χ3v) is 6.54. The number of carbonyl (C=O) groups excluding carboxylic acids is 2. The Labute approximate surface area is 169 Å². The first-order valence-corrected chi connectivity index (χ1v) is 10.1. The highest BCUT2D eigenvalue weighted by molar-refractivity contribution is 5.92. The zero-order chi connectivity index (χ0) is 19.8. The van der Waals surface area contributed by atoms with Crippen LogP contribution in [-0.2, 0) is 9.53 Å². The lowest BCUT2D eigenvalue weighted by atomic mass is 9.73. The predicted octanol–water partition coefficient (Wildman–Crippen LogP) is 1.86. The largest absolute Gasteiger partial charge is 0.369 e. The molecular weight excluding hydrogens is 368 g/mol. The number of hydrogen-bond donors (Lipinski definition) is 2. The summed E-state index contributed by atoms with van der Waals surface area (Å²) in [5.41, 5.74) is 1.25. The maximum atomic E-state index is 12.7. The molecule has 4 heterocycles. The minimum Gasteiger partial charge on any atom is -0.369 e. The van der Waals surface area contributed by atoms with E-state index in [4.69, 9.17) is 4.74 Å². The molecule has 3 aliphatic rings. The molecular formula is C22H24N4O3. The smallest absolute Gasteiger partial charge is 0.271 e. The minimum atomic E-state index is -0.254. The summed E-state index contributed by atoms with van der Waals surface area (Å²) in [6.45, 7) is 1.85. The predicted molar refractivity (Wildman–Crippen MR) is 107 cm³/mol. The molecule has 1 spiro atoms. The van der Waals surface area contributed by atoms with Gasteiger partial charge in [-0.05, 0) is 30.5 Å². The molecule has 0 radical (unpaired) electrons. The fourth-order valence-electron chi connectivity index (χ4n) is 5.18. The van der Waals surface area contributed by atoms with Crippen molar-refractivity contribution >= 4 is 17.9 Å². The summed E-state index contributed by atoms with van der Waals surface area (Å²) in [4.78, 5) is 26.9. The maximum Gasteiger partial charge on any atom is 0.271 e. The van der Waals surface area contributed by atoms with Crippen molar-refractivity contribution in [1.82, 2.24) is 20.4 Å². The van der Waals surface area contributed by atoms with Gasteiger partial charge in [-0.2, -0.15) is 5.10 Å². The normalized spacial score (nSPS) is 30.1. The van der Waals surface area contributed by atoms with E-state index >= 15 is 0 Å². The van der Waals surface area contributed by atoms with E-state index in [0.717, 1.165) is 18.4 Å². The highest BCUT2D eigenvalue weighted by atomic mass is 16.5. The number of aromatic nitrogens is 2. The van der Waals surface area contributed by atoms with Crippen molar-refractivity contribution in [2.75, 3.05) is 19.6 Å². The number of H-pyrrole nitrogens is 1. The number of rotatable bonds is 5. The first kappa shape index (κ1) is 18.1. The Balaban J connectivity index is 1.22. The van der Waals surface area contributed by atoms with Gasteiger partial charge in [-0.15, -0.1) is 0 Å². The van der Waals surface area contributed by atoms with Crippen molar-refractivity contribution in [2.45, 2.75) is 24.5 Å². The molecule has 150 valence electrons. The number of aromatic amines is 1. The van der Waals surface area contributed by atoms with E-state index in [2.05, 4.69) is 15.5 Å². The lowest BCUT2D eigenvalue weighted by molar-refractivity contribution is -0.116. The van der Waals surface area contributed by atoms with Crippen LogP contribution in [0.4, 0.5) is 0 Å². The second kappa shape index (κ2) is 7.15. The summed E-state index contributed by atoms with van der Waals surface area (Å²) in [5, 5.41) is 9.67. The highest BCUT2D eigenvalue weighted by Crippen LogP contribution is 2.54. The zero-order valence-electron chi connectivity index (χ0n) is 16.1. The fraction of sp³-hybridized carbons (Fsp3) is 0.409. The molecule has 3 aliphatic heterocycles. The third-order valence-electron chi connectivity index (χ3n) is 6.54. The van der Waals surface area contributed by atoms with Crippen LogP contribution in [0.3, 0.4) is 0 Å². The Hall–Kier alpha value is -2.93. The van der Waals surface area contributed by atoms with E-state index in [1.54, 1.807) is 18.3 Å². The molecule has 7 nitrogen and oxygen atoms in total. The number of carbonyl (C=O) groups is 2. The monoisotopic (exact) mass is 392 g/mol. The summed E-state index contributed by atoms with van der Waals surface area (Å²) >= 11 is 0. The Kier molecular flexibility index (Phi) is 4.47. The zero-order valence-corrected chi connectivity index (χ0v) is 16.1. The van der Waals surface area contributed by atoms with Crippen molar-refractivity contribution < 1.29 is 14.3 Å². The van der Waals surface area contributed by atoms with Crippen LogP contribution >= 0.6 is 0 Å². The van der Waals surface area contributed by atoms with Crippen molar-refractivity contribution in [3.8, 4) is 0 Å². The number of nitrogens with zero attached hydrogens (tertiary/aromatic N) is 2. The van der Waals surface area contributed by atoms with Gasteiger partial charge in [0.25, 0.3) is 5.91 Å². The molecule has 4 atom stereocenters. The van der Waals surface area contributed by atoms with Crippen LogP contribution in [0.5, 0.6) is 0 Å². The summed E-state index contributed by atoms with van der Waals surface area (Å²) < 4.78 is 6.37. The van der Waals surface area contributed by atoms with E-state index in [1.807, 2.05) is 41.3 Å². The van der Waals surface area contributed by atoms with Gasteiger partial charge in [0, 0.05) is 37.2 Å². The lowest BCUT2D eigenvalue weighted by Gasteiger charge is -2.29. The molecule has 1 aromatic heterocycles. The molecule has 7 heteroatoms.